The van der Waals surface area contributed by atoms with Gasteiger partial charge < -0.3 is 29.9 Å². The second kappa shape index (κ2) is 5.55. The van der Waals surface area contributed by atoms with E-state index in [0.29, 0.717) is 0 Å². The van der Waals surface area contributed by atoms with E-state index in [0.717, 1.165) is 0 Å². The van der Waals surface area contributed by atoms with E-state index in [1.54, 1.807) is 0 Å². The minimum absolute atomic E-state index is 0.142. The van der Waals surface area contributed by atoms with E-state index >= 15 is 0 Å². The van der Waals surface area contributed by atoms with Gasteiger partial charge in [-0.05, 0) is 0 Å². The van der Waals surface area contributed by atoms with Crippen molar-refractivity contribution in [3.05, 3.63) is 12.7 Å². The third kappa shape index (κ3) is 2.75. The quantitative estimate of drug-likeness (QED) is 0.408. The number of aliphatic hydroxyl groups is 4. The summed E-state index contributed by atoms with van der Waals surface area (Å²) < 4.78 is 10.1. The molecule has 0 spiro atoms. The fraction of sp³-hybridized carbons (Fsp3) is 0.778. The number of hydrogen-bond acceptors (Lipinski definition) is 6. The van der Waals surface area contributed by atoms with Crippen LogP contribution in [0.15, 0.2) is 12.7 Å². The molecule has 0 aromatic carbocycles. The van der Waals surface area contributed by atoms with Crippen LogP contribution in [-0.4, -0.2) is 64.3 Å². The number of hydrogen-bond donors (Lipinski definition) is 4. The van der Waals surface area contributed by atoms with E-state index < -0.39 is 37.3 Å². The van der Waals surface area contributed by atoms with Crippen LogP contribution in [0.5, 0.6) is 0 Å². The van der Waals surface area contributed by atoms with Gasteiger partial charge in [-0.1, -0.05) is 6.08 Å². The predicted octanol–water partition coefficient (Wildman–Crippen LogP) is -2.01. The minimum atomic E-state index is -1.40. The van der Waals surface area contributed by atoms with Gasteiger partial charge in [-0.15, -0.1) is 6.58 Å². The van der Waals surface area contributed by atoms with Crippen LogP contribution in [0.3, 0.4) is 0 Å². The molecule has 88 valence electrons. The van der Waals surface area contributed by atoms with E-state index in [2.05, 4.69) is 6.58 Å². The fourth-order valence-corrected chi connectivity index (χ4v) is 1.37. The van der Waals surface area contributed by atoms with E-state index in [9.17, 15) is 15.3 Å². The van der Waals surface area contributed by atoms with E-state index in [-0.39, 0.29) is 6.61 Å². The van der Waals surface area contributed by atoms with Crippen molar-refractivity contribution in [1.82, 2.24) is 0 Å². The third-order valence-corrected chi connectivity index (χ3v) is 2.23. The van der Waals surface area contributed by atoms with Crippen molar-refractivity contribution < 1.29 is 29.9 Å². The molecule has 0 aromatic heterocycles. The molecule has 0 amide bonds. The molecule has 1 saturated heterocycles. The molecule has 2 unspecified atom stereocenters. The van der Waals surface area contributed by atoms with Crippen molar-refractivity contribution in [2.75, 3.05) is 13.2 Å². The van der Waals surface area contributed by atoms with Crippen LogP contribution in [-0.2, 0) is 9.47 Å². The maximum atomic E-state index is 9.47. The molecule has 1 rings (SSSR count). The summed E-state index contributed by atoms with van der Waals surface area (Å²) in [6.45, 7) is 3.10. The Bertz CT molecular complexity index is 207. The summed E-state index contributed by atoms with van der Waals surface area (Å²) in [6, 6.07) is 0. The molecule has 4 N–H and O–H groups in total. The lowest BCUT2D eigenvalue weighted by Gasteiger charge is -2.39. The van der Waals surface area contributed by atoms with Crippen LogP contribution in [0.4, 0.5) is 0 Å². The largest absolute Gasteiger partial charge is 0.394 e. The molecule has 0 saturated carbocycles. The van der Waals surface area contributed by atoms with Crippen molar-refractivity contribution in [2.24, 2.45) is 0 Å². The van der Waals surface area contributed by atoms with Crippen LogP contribution in [0, 0.1) is 0 Å². The molecule has 6 nitrogen and oxygen atoms in total. The molecule has 5 atom stereocenters. The maximum Gasteiger partial charge on any atom is 0.187 e. The van der Waals surface area contributed by atoms with Crippen LogP contribution in [0.1, 0.15) is 0 Å². The van der Waals surface area contributed by atoms with Crippen molar-refractivity contribution in [2.45, 2.75) is 30.7 Å². The van der Waals surface area contributed by atoms with Gasteiger partial charge in [0.25, 0.3) is 0 Å². The summed E-state index contributed by atoms with van der Waals surface area (Å²) in [7, 11) is 0. The summed E-state index contributed by atoms with van der Waals surface area (Å²) in [5.74, 6) is 0. The van der Waals surface area contributed by atoms with E-state index in [4.69, 9.17) is 14.6 Å². The Hall–Kier alpha value is -0.500. The van der Waals surface area contributed by atoms with Crippen LogP contribution in [0.2, 0.25) is 0 Å². The summed E-state index contributed by atoms with van der Waals surface area (Å²) in [4.78, 5) is 0. The topological polar surface area (TPSA) is 99.4 Å². The summed E-state index contributed by atoms with van der Waals surface area (Å²) in [5.41, 5.74) is 0. The van der Waals surface area contributed by atoms with Crippen molar-refractivity contribution >= 4 is 0 Å². The monoisotopic (exact) mass is 220 g/mol. The molecule has 0 radical (unpaired) electrons. The standard InChI is InChI=1S/C9H16O6/c1-2-3-14-9-8(13)7(12)6(11)5(4-10)15-9/h2,5-13H,1,3-4H2/t5?,6-,7-,8?,9-/m0/s1. The lowest BCUT2D eigenvalue weighted by atomic mass is 9.99. The Morgan fingerprint density at radius 1 is 1.20 bits per heavy atom. The molecule has 1 aliphatic rings. The normalized spacial score (nSPS) is 41.5. The lowest BCUT2D eigenvalue weighted by molar-refractivity contribution is -0.298. The molecule has 15 heavy (non-hydrogen) atoms. The van der Waals surface area contributed by atoms with Gasteiger partial charge in [0, 0.05) is 0 Å². The van der Waals surface area contributed by atoms with Crippen LogP contribution >= 0.6 is 0 Å². The molecule has 0 aromatic rings. The number of aliphatic hydroxyl groups excluding tert-OH is 4. The van der Waals surface area contributed by atoms with Gasteiger partial charge in [-0.3, -0.25) is 0 Å². The Morgan fingerprint density at radius 2 is 1.87 bits per heavy atom. The van der Waals surface area contributed by atoms with Gasteiger partial charge in [-0.2, -0.15) is 0 Å². The Labute approximate surface area is 87.4 Å². The fourth-order valence-electron chi connectivity index (χ4n) is 1.37. The summed E-state index contributed by atoms with van der Waals surface area (Å²) >= 11 is 0. The van der Waals surface area contributed by atoms with Crippen molar-refractivity contribution in [1.29, 1.82) is 0 Å². The average molecular weight is 220 g/mol. The molecule has 0 bridgehead atoms. The highest BCUT2D eigenvalue weighted by Gasteiger charge is 2.43. The molecule has 1 aliphatic heterocycles. The van der Waals surface area contributed by atoms with Crippen LogP contribution in [0.25, 0.3) is 0 Å². The van der Waals surface area contributed by atoms with Gasteiger partial charge >= 0.3 is 0 Å². The highest BCUT2D eigenvalue weighted by molar-refractivity contribution is 4.89. The smallest absolute Gasteiger partial charge is 0.187 e. The molecular formula is C9H16O6. The van der Waals surface area contributed by atoms with Gasteiger partial charge in [0.05, 0.1) is 13.2 Å². The second-order valence-corrected chi connectivity index (χ2v) is 3.32. The maximum absolute atomic E-state index is 9.47. The zero-order valence-electron chi connectivity index (χ0n) is 8.19. The van der Waals surface area contributed by atoms with E-state index in [1.165, 1.54) is 6.08 Å². The molecule has 1 fully saturated rings. The first-order valence-corrected chi connectivity index (χ1v) is 4.64. The zero-order chi connectivity index (χ0) is 11.4. The van der Waals surface area contributed by atoms with Crippen LogP contribution < -0.4 is 0 Å². The van der Waals surface area contributed by atoms with Gasteiger partial charge in [0.2, 0.25) is 0 Å². The first kappa shape index (κ1) is 12.6. The Morgan fingerprint density at radius 3 is 2.40 bits per heavy atom. The Kier molecular flexibility index (Phi) is 4.65. The molecule has 0 aliphatic carbocycles. The first-order valence-electron chi connectivity index (χ1n) is 4.64. The molecule has 6 heteroatoms. The summed E-state index contributed by atoms with van der Waals surface area (Å²) in [6.07, 6.45) is -4.64. The Balaban J connectivity index is 2.60. The SMILES string of the molecule is C=CCO[C@H]1OC(CO)[C@H](O)[C@H](O)C1O. The molecular weight excluding hydrogens is 204 g/mol. The first-order chi connectivity index (χ1) is 7.11. The lowest BCUT2D eigenvalue weighted by Crippen LogP contribution is -2.59. The average Bonchev–Trinajstić information content (AvgIpc) is 2.25. The highest BCUT2D eigenvalue weighted by Crippen LogP contribution is 2.21. The van der Waals surface area contributed by atoms with Crippen molar-refractivity contribution in [3.8, 4) is 0 Å². The minimum Gasteiger partial charge on any atom is -0.394 e. The van der Waals surface area contributed by atoms with Crippen molar-refractivity contribution in [3.63, 3.8) is 0 Å². The number of rotatable bonds is 4. The van der Waals surface area contributed by atoms with Gasteiger partial charge in [0.1, 0.15) is 24.4 Å². The second-order valence-electron chi connectivity index (χ2n) is 3.32. The summed E-state index contributed by atoms with van der Waals surface area (Å²) in [5, 5.41) is 37.1. The van der Waals surface area contributed by atoms with Gasteiger partial charge in [-0.25, -0.2) is 0 Å². The van der Waals surface area contributed by atoms with E-state index in [1.807, 2.05) is 0 Å². The molecule has 1 heterocycles. The highest BCUT2D eigenvalue weighted by atomic mass is 16.7. The zero-order valence-corrected chi connectivity index (χ0v) is 8.19. The number of ether oxygens (including phenoxy) is 2. The predicted molar refractivity (Wildman–Crippen MR) is 49.9 cm³/mol. The third-order valence-electron chi connectivity index (χ3n) is 2.23. The van der Waals surface area contributed by atoms with Gasteiger partial charge in [0.15, 0.2) is 6.29 Å².